The van der Waals surface area contributed by atoms with Crippen LogP contribution < -0.4 is 5.32 Å². The summed E-state index contributed by atoms with van der Waals surface area (Å²) in [4.78, 5) is 11.4. The molecule has 0 aromatic heterocycles. The molecule has 1 aromatic rings. The van der Waals surface area contributed by atoms with E-state index in [1.54, 1.807) is 0 Å². The summed E-state index contributed by atoms with van der Waals surface area (Å²) in [5, 5.41) is 11.7. The lowest BCUT2D eigenvalue weighted by atomic mass is 10.0. The molecule has 0 spiro atoms. The van der Waals surface area contributed by atoms with Crippen molar-refractivity contribution in [3.05, 3.63) is 41.5 Å². The van der Waals surface area contributed by atoms with Crippen molar-refractivity contribution in [3.8, 4) is 0 Å². The normalized spacial score (nSPS) is 11.6. The van der Waals surface area contributed by atoms with E-state index in [4.69, 9.17) is 9.84 Å². The van der Waals surface area contributed by atoms with Crippen molar-refractivity contribution in [2.24, 2.45) is 0 Å². The lowest BCUT2D eigenvalue weighted by Gasteiger charge is -2.19. The number of benzene rings is 1. The van der Waals surface area contributed by atoms with Gasteiger partial charge in [0.15, 0.2) is 0 Å². The first-order valence-corrected chi connectivity index (χ1v) is 7.24. The van der Waals surface area contributed by atoms with Crippen molar-refractivity contribution in [2.75, 3.05) is 13.2 Å². The lowest BCUT2D eigenvalue weighted by molar-refractivity contribution is 0.0529. The Morgan fingerprint density at radius 1 is 1.33 bits per heavy atom. The van der Waals surface area contributed by atoms with E-state index in [0.29, 0.717) is 13.0 Å². The van der Waals surface area contributed by atoms with Gasteiger partial charge in [-0.25, -0.2) is 4.79 Å². The van der Waals surface area contributed by atoms with E-state index in [1.807, 2.05) is 57.2 Å². The van der Waals surface area contributed by atoms with Gasteiger partial charge in [0.05, 0.1) is 0 Å². The molecule has 0 aliphatic carbocycles. The van der Waals surface area contributed by atoms with Crippen LogP contribution in [0.4, 0.5) is 4.79 Å². The molecule has 116 valence electrons. The van der Waals surface area contributed by atoms with E-state index < -0.39 is 11.7 Å². The molecule has 0 aliphatic rings. The third-order valence-electron chi connectivity index (χ3n) is 2.71. The van der Waals surface area contributed by atoms with Crippen LogP contribution in [0, 0.1) is 0 Å². The van der Waals surface area contributed by atoms with Gasteiger partial charge in [-0.1, -0.05) is 36.4 Å². The molecule has 0 bridgehead atoms. The Kier molecular flexibility index (Phi) is 6.96. The van der Waals surface area contributed by atoms with Crippen molar-refractivity contribution in [1.29, 1.82) is 0 Å². The second kappa shape index (κ2) is 8.47. The molecular formula is C17H25NO3. The number of aliphatic hydroxyl groups is 1. The zero-order valence-corrected chi connectivity index (χ0v) is 13.1. The van der Waals surface area contributed by atoms with Crippen LogP contribution in [-0.2, 0) is 11.2 Å². The molecule has 1 amide bonds. The van der Waals surface area contributed by atoms with Gasteiger partial charge in [-0.15, -0.1) is 0 Å². The zero-order chi connectivity index (χ0) is 15.7. The number of hydrogen-bond donors (Lipinski definition) is 2. The molecule has 0 radical (unpaired) electrons. The van der Waals surface area contributed by atoms with Crippen molar-refractivity contribution >= 4 is 12.2 Å². The van der Waals surface area contributed by atoms with Crippen molar-refractivity contribution in [3.63, 3.8) is 0 Å². The minimum atomic E-state index is -0.469. The molecule has 4 heteroatoms. The molecule has 2 N–H and O–H groups in total. The fraction of sp³-hybridized carbons (Fsp3) is 0.471. The van der Waals surface area contributed by atoms with Gasteiger partial charge in [0.2, 0.25) is 0 Å². The topological polar surface area (TPSA) is 58.6 Å². The van der Waals surface area contributed by atoms with E-state index >= 15 is 0 Å². The van der Waals surface area contributed by atoms with E-state index in [9.17, 15) is 4.79 Å². The smallest absolute Gasteiger partial charge is 0.407 e. The van der Waals surface area contributed by atoms with Gasteiger partial charge in [0.1, 0.15) is 5.60 Å². The molecule has 21 heavy (non-hydrogen) atoms. The summed E-state index contributed by atoms with van der Waals surface area (Å²) in [6, 6.07) is 7.96. The predicted octanol–water partition coefficient (Wildman–Crippen LogP) is 3.15. The monoisotopic (exact) mass is 291 g/mol. The van der Waals surface area contributed by atoms with E-state index in [2.05, 4.69) is 5.32 Å². The largest absolute Gasteiger partial charge is 0.444 e. The minimum Gasteiger partial charge on any atom is -0.444 e. The maximum atomic E-state index is 11.4. The minimum absolute atomic E-state index is 0.144. The summed E-state index contributed by atoms with van der Waals surface area (Å²) in [7, 11) is 0. The first-order valence-electron chi connectivity index (χ1n) is 7.24. The van der Waals surface area contributed by atoms with Gasteiger partial charge in [0, 0.05) is 13.2 Å². The molecule has 0 saturated carbocycles. The molecule has 4 nitrogen and oxygen atoms in total. The van der Waals surface area contributed by atoms with Crippen LogP contribution in [0.15, 0.2) is 30.3 Å². The molecule has 0 unspecified atom stereocenters. The summed E-state index contributed by atoms with van der Waals surface area (Å²) < 4.78 is 5.15. The summed E-state index contributed by atoms with van der Waals surface area (Å²) in [6.45, 7) is 6.19. The fourth-order valence-electron chi connectivity index (χ4n) is 1.83. The highest BCUT2D eigenvalue weighted by molar-refractivity contribution is 5.67. The number of ether oxygens (including phenoxy) is 1. The number of alkyl carbamates (subject to hydrolysis) is 1. The quantitative estimate of drug-likeness (QED) is 0.792. The van der Waals surface area contributed by atoms with Gasteiger partial charge in [-0.3, -0.25) is 0 Å². The molecule has 0 fully saturated rings. The Bertz CT molecular complexity index is 475. The van der Waals surface area contributed by atoms with Gasteiger partial charge in [0.25, 0.3) is 0 Å². The highest BCUT2D eigenvalue weighted by Gasteiger charge is 2.15. The molecule has 1 rings (SSSR count). The molecule has 0 saturated heterocycles. The second-order valence-electron chi connectivity index (χ2n) is 5.79. The highest BCUT2D eigenvalue weighted by atomic mass is 16.6. The third kappa shape index (κ3) is 7.51. The Balaban J connectivity index is 2.37. The molecular weight excluding hydrogens is 266 g/mol. The maximum Gasteiger partial charge on any atom is 0.407 e. The van der Waals surface area contributed by atoms with Crippen LogP contribution in [0.3, 0.4) is 0 Å². The Hall–Kier alpha value is -1.81. The number of amides is 1. The van der Waals surface area contributed by atoms with Crippen LogP contribution in [0.25, 0.3) is 6.08 Å². The summed E-state index contributed by atoms with van der Waals surface area (Å²) >= 11 is 0. The third-order valence-corrected chi connectivity index (χ3v) is 2.71. The zero-order valence-electron chi connectivity index (χ0n) is 13.1. The fourth-order valence-corrected chi connectivity index (χ4v) is 1.83. The van der Waals surface area contributed by atoms with Crippen molar-refractivity contribution in [2.45, 2.75) is 39.2 Å². The van der Waals surface area contributed by atoms with Crippen LogP contribution in [0.1, 0.15) is 38.3 Å². The summed E-state index contributed by atoms with van der Waals surface area (Å²) in [5.74, 6) is 0. The second-order valence-corrected chi connectivity index (χ2v) is 5.79. The predicted molar refractivity (Wildman–Crippen MR) is 85.1 cm³/mol. The van der Waals surface area contributed by atoms with E-state index in [0.717, 1.165) is 17.5 Å². The number of rotatable bonds is 6. The average Bonchev–Trinajstić information content (AvgIpc) is 2.38. The molecule has 0 heterocycles. The first kappa shape index (κ1) is 17.2. The molecule has 1 aromatic carbocycles. The first-order chi connectivity index (χ1) is 9.92. The Labute approximate surface area is 126 Å². The SMILES string of the molecule is CC(C)(C)OC(=O)NCCC=Cc1ccccc1CCO. The number of aliphatic hydroxyl groups excluding tert-OH is 1. The van der Waals surface area contributed by atoms with Gasteiger partial charge >= 0.3 is 6.09 Å². The number of carbonyl (C=O) groups excluding carboxylic acids is 1. The van der Waals surface area contributed by atoms with Crippen LogP contribution in [0.2, 0.25) is 0 Å². The maximum absolute atomic E-state index is 11.4. The Morgan fingerprint density at radius 2 is 2.05 bits per heavy atom. The van der Waals surface area contributed by atoms with Crippen LogP contribution in [0.5, 0.6) is 0 Å². The number of carbonyl (C=O) groups is 1. The Morgan fingerprint density at radius 3 is 2.71 bits per heavy atom. The van der Waals surface area contributed by atoms with E-state index in [-0.39, 0.29) is 6.61 Å². The molecule has 0 aliphatic heterocycles. The number of hydrogen-bond acceptors (Lipinski definition) is 3. The van der Waals surface area contributed by atoms with Gasteiger partial charge < -0.3 is 15.2 Å². The van der Waals surface area contributed by atoms with Gasteiger partial charge in [-0.05, 0) is 44.7 Å². The van der Waals surface area contributed by atoms with Crippen LogP contribution >= 0.6 is 0 Å². The van der Waals surface area contributed by atoms with E-state index in [1.165, 1.54) is 0 Å². The average molecular weight is 291 g/mol. The molecule has 0 atom stereocenters. The van der Waals surface area contributed by atoms with Gasteiger partial charge in [-0.2, -0.15) is 0 Å². The number of nitrogens with one attached hydrogen (secondary N) is 1. The summed E-state index contributed by atoms with van der Waals surface area (Å²) in [6.07, 6.45) is 5.01. The lowest BCUT2D eigenvalue weighted by Crippen LogP contribution is -2.32. The van der Waals surface area contributed by atoms with Crippen molar-refractivity contribution in [1.82, 2.24) is 5.32 Å². The standard InChI is InChI=1S/C17H25NO3/c1-17(2,3)21-16(20)18-12-7-6-10-14-8-4-5-9-15(14)11-13-19/h4-6,8-10,19H,7,11-13H2,1-3H3,(H,18,20). The summed E-state index contributed by atoms with van der Waals surface area (Å²) in [5.41, 5.74) is 1.75. The van der Waals surface area contributed by atoms with Crippen LogP contribution in [-0.4, -0.2) is 30.0 Å². The van der Waals surface area contributed by atoms with Crippen molar-refractivity contribution < 1.29 is 14.6 Å². The highest BCUT2D eigenvalue weighted by Crippen LogP contribution is 2.11.